The van der Waals surface area contributed by atoms with Gasteiger partial charge >= 0.3 is 0 Å². The highest BCUT2D eigenvalue weighted by Gasteiger charge is 2.40. The SMILES string of the molecule is CCOc1ccc(CCNC(=O)C2(C)CNC(=O)C2)cc1OCC. The first-order valence-corrected chi connectivity index (χ1v) is 8.42. The molecular formula is C18H26N2O4. The van der Waals surface area contributed by atoms with Crippen LogP contribution >= 0.6 is 0 Å². The molecular weight excluding hydrogens is 308 g/mol. The molecule has 1 fully saturated rings. The Labute approximate surface area is 142 Å². The summed E-state index contributed by atoms with van der Waals surface area (Å²) >= 11 is 0. The first-order chi connectivity index (χ1) is 11.5. The number of ether oxygens (including phenoxy) is 2. The molecule has 1 heterocycles. The average Bonchev–Trinajstić information content (AvgIpc) is 2.90. The fourth-order valence-corrected chi connectivity index (χ4v) is 2.72. The zero-order valence-corrected chi connectivity index (χ0v) is 14.6. The zero-order chi connectivity index (χ0) is 17.6. The number of carbonyl (C=O) groups excluding carboxylic acids is 2. The standard InChI is InChI=1S/C18H26N2O4/c1-4-23-14-7-6-13(10-15(14)24-5-2)8-9-19-17(22)18(3)11-16(21)20-12-18/h6-7,10H,4-5,8-9,11-12H2,1-3H3,(H,19,22)(H,20,21). The zero-order valence-electron chi connectivity index (χ0n) is 14.6. The average molecular weight is 334 g/mol. The fourth-order valence-electron chi connectivity index (χ4n) is 2.72. The highest BCUT2D eigenvalue weighted by Crippen LogP contribution is 2.29. The van der Waals surface area contributed by atoms with E-state index in [1.165, 1.54) is 0 Å². The maximum absolute atomic E-state index is 12.3. The predicted octanol–water partition coefficient (Wildman–Crippen LogP) is 1.67. The van der Waals surface area contributed by atoms with Crippen LogP contribution in [-0.4, -0.2) is 38.1 Å². The summed E-state index contributed by atoms with van der Waals surface area (Å²) in [5, 5.41) is 5.63. The Kier molecular flexibility index (Phi) is 6.06. The number of hydrogen-bond acceptors (Lipinski definition) is 4. The number of nitrogens with one attached hydrogen (secondary N) is 2. The molecule has 0 bridgehead atoms. The maximum atomic E-state index is 12.3. The van der Waals surface area contributed by atoms with E-state index in [0.717, 1.165) is 17.1 Å². The molecule has 1 aliphatic heterocycles. The molecule has 1 aliphatic rings. The number of benzene rings is 1. The topological polar surface area (TPSA) is 76.7 Å². The van der Waals surface area contributed by atoms with E-state index in [-0.39, 0.29) is 18.2 Å². The third kappa shape index (κ3) is 4.40. The lowest BCUT2D eigenvalue weighted by molar-refractivity contribution is -0.131. The summed E-state index contributed by atoms with van der Waals surface area (Å²) in [6, 6.07) is 5.82. The Bertz CT molecular complexity index is 603. The summed E-state index contributed by atoms with van der Waals surface area (Å²) < 4.78 is 11.2. The normalized spacial score (nSPS) is 19.7. The highest BCUT2D eigenvalue weighted by atomic mass is 16.5. The Balaban J connectivity index is 1.91. The third-order valence-electron chi connectivity index (χ3n) is 4.08. The fraction of sp³-hybridized carbons (Fsp3) is 0.556. The van der Waals surface area contributed by atoms with Gasteiger partial charge in [0.25, 0.3) is 0 Å². The van der Waals surface area contributed by atoms with Crippen LogP contribution in [0.1, 0.15) is 32.8 Å². The molecule has 6 heteroatoms. The van der Waals surface area contributed by atoms with E-state index in [9.17, 15) is 9.59 Å². The van der Waals surface area contributed by atoms with Crippen LogP contribution in [0.3, 0.4) is 0 Å². The summed E-state index contributed by atoms with van der Waals surface area (Å²) in [7, 11) is 0. The van der Waals surface area contributed by atoms with E-state index in [4.69, 9.17) is 9.47 Å². The van der Waals surface area contributed by atoms with Crippen LogP contribution in [-0.2, 0) is 16.0 Å². The monoisotopic (exact) mass is 334 g/mol. The molecule has 0 spiro atoms. The van der Waals surface area contributed by atoms with Gasteiger partial charge in [0, 0.05) is 19.5 Å². The lowest BCUT2D eigenvalue weighted by Crippen LogP contribution is -2.41. The second-order valence-electron chi connectivity index (χ2n) is 6.17. The number of rotatable bonds is 8. The van der Waals surface area contributed by atoms with Gasteiger partial charge in [0.15, 0.2) is 11.5 Å². The molecule has 132 valence electrons. The first kappa shape index (κ1) is 18.1. The smallest absolute Gasteiger partial charge is 0.228 e. The largest absolute Gasteiger partial charge is 0.490 e. The summed E-state index contributed by atoms with van der Waals surface area (Å²) in [5.74, 6) is 1.30. The van der Waals surface area contributed by atoms with Crippen molar-refractivity contribution in [1.82, 2.24) is 10.6 Å². The van der Waals surface area contributed by atoms with E-state index in [1.54, 1.807) is 0 Å². The molecule has 0 radical (unpaired) electrons. The highest BCUT2D eigenvalue weighted by molar-refractivity contribution is 5.92. The lowest BCUT2D eigenvalue weighted by Gasteiger charge is -2.20. The molecule has 1 atom stereocenters. The number of amides is 2. The van der Waals surface area contributed by atoms with Crippen LogP contribution in [0.4, 0.5) is 0 Å². The first-order valence-electron chi connectivity index (χ1n) is 8.42. The van der Waals surface area contributed by atoms with Crippen LogP contribution in [0.2, 0.25) is 0 Å². The van der Waals surface area contributed by atoms with Crippen molar-refractivity contribution in [2.75, 3.05) is 26.3 Å². The Morgan fingerprint density at radius 3 is 2.58 bits per heavy atom. The molecule has 1 aromatic carbocycles. The minimum Gasteiger partial charge on any atom is -0.490 e. The molecule has 0 aliphatic carbocycles. The van der Waals surface area contributed by atoms with Gasteiger partial charge < -0.3 is 20.1 Å². The van der Waals surface area contributed by atoms with Gasteiger partial charge in [-0.05, 0) is 44.9 Å². The minimum absolute atomic E-state index is 0.0690. The second-order valence-corrected chi connectivity index (χ2v) is 6.17. The van der Waals surface area contributed by atoms with Gasteiger partial charge in [-0.2, -0.15) is 0 Å². The number of carbonyl (C=O) groups is 2. The molecule has 2 amide bonds. The van der Waals surface area contributed by atoms with Crippen molar-refractivity contribution in [3.05, 3.63) is 23.8 Å². The number of hydrogen-bond donors (Lipinski definition) is 2. The molecule has 1 unspecified atom stereocenters. The van der Waals surface area contributed by atoms with Crippen molar-refractivity contribution in [3.8, 4) is 11.5 Å². The van der Waals surface area contributed by atoms with Crippen molar-refractivity contribution in [2.24, 2.45) is 5.41 Å². The van der Waals surface area contributed by atoms with Gasteiger partial charge in [-0.3, -0.25) is 9.59 Å². The minimum atomic E-state index is -0.646. The van der Waals surface area contributed by atoms with Gasteiger partial charge in [-0.15, -0.1) is 0 Å². The molecule has 2 rings (SSSR count). The van der Waals surface area contributed by atoms with Crippen molar-refractivity contribution in [3.63, 3.8) is 0 Å². The summed E-state index contributed by atoms with van der Waals surface area (Å²) in [4.78, 5) is 23.6. The van der Waals surface area contributed by atoms with Crippen LogP contribution < -0.4 is 20.1 Å². The predicted molar refractivity (Wildman–Crippen MR) is 91.2 cm³/mol. The molecule has 1 saturated heterocycles. The third-order valence-corrected chi connectivity index (χ3v) is 4.08. The summed E-state index contributed by atoms with van der Waals surface area (Å²) in [6.07, 6.45) is 0.937. The van der Waals surface area contributed by atoms with E-state index in [2.05, 4.69) is 10.6 Å². The van der Waals surface area contributed by atoms with Crippen molar-refractivity contribution in [2.45, 2.75) is 33.6 Å². The van der Waals surface area contributed by atoms with E-state index < -0.39 is 5.41 Å². The van der Waals surface area contributed by atoms with Gasteiger partial charge in [0.2, 0.25) is 11.8 Å². The van der Waals surface area contributed by atoms with Crippen LogP contribution in [0, 0.1) is 5.41 Å². The summed E-state index contributed by atoms with van der Waals surface area (Å²) in [6.45, 7) is 7.74. The molecule has 0 saturated carbocycles. The summed E-state index contributed by atoms with van der Waals surface area (Å²) in [5.41, 5.74) is 0.417. The van der Waals surface area contributed by atoms with Gasteiger partial charge in [-0.1, -0.05) is 6.07 Å². The molecule has 6 nitrogen and oxygen atoms in total. The lowest BCUT2D eigenvalue weighted by atomic mass is 9.88. The van der Waals surface area contributed by atoms with E-state index in [0.29, 0.717) is 32.7 Å². The van der Waals surface area contributed by atoms with Gasteiger partial charge in [-0.25, -0.2) is 0 Å². The van der Waals surface area contributed by atoms with Crippen molar-refractivity contribution >= 4 is 11.8 Å². The Morgan fingerprint density at radius 1 is 1.25 bits per heavy atom. The molecule has 0 aromatic heterocycles. The van der Waals surface area contributed by atoms with E-state index >= 15 is 0 Å². The quantitative estimate of drug-likeness (QED) is 0.758. The molecule has 1 aromatic rings. The van der Waals surface area contributed by atoms with Gasteiger partial charge in [0.1, 0.15) is 0 Å². The van der Waals surface area contributed by atoms with Crippen LogP contribution in [0.5, 0.6) is 11.5 Å². The van der Waals surface area contributed by atoms with Crippen LogP contribution in [0.25, 0.3) is 0 Å². The van der Waals surface area contributed by atoms with Gasteiger partial charge in [0.05, 0.1) is 18.6 Å². The maximum Gasteiger partial charge on any atom is 0.228 e. The Hall–Kier alpha value is -2.24. The van der Waals surface area contributed by atoms with E-state index in [1.807, 2.05) is 39.0 Å². The molecule has 2 N–H and O–H groups in total. The van der Waals surface area contributed by atoms with Crippen LogP contribution in [0.15, 0.2) is 18.2 Å². The second kappa shape index (κ2) is 8.04. The van der Waals surface area contributed by atoms with Crippen molar-refractivity contribution < 1.29 is 19.1 Å². The Morgan fingerprint density at radius 2 is 1.96 bits per heavy atom. The van der Waals surface area contributed by atoms with Crippen molar-refractivity contribution in [1.29, 1.82) is 0 Å². The molecule has 24 heavy (non-hydrogen) atoms.